The van der Waals surface area contributed by atoms with Gasteiger partial charge < -0.3 is 24.6 Å². The largest absolute Gasteiger partial charge is 0.481 e. The quantitative estimate of drug-likeness (QED) is 0.600. The second-order valence-electron chi connectivity index (χ2n) is 9.08. The molecule has 2 heterocycles. The topological polar surface area (TPSA) is 116 Å². The number of nitrogens with zero attached hydrogens (tertiary/aromatic N) is 3. The standard InChI is InChI=1S/C27H25N3O5/c1-30(2)25(32)20-21(17-7-5-4-6-8-17)27(18-11-9-16(15-28)10-12-18)26(33,23(20)31)22-19(35-27)13-14-29-24(22)34-3/h4-14,20-21,23,31,33H,1-3H3. The first kappa shape index (κ1) is 22.8. The maximum atomic E-state index is 13.6. The number of hydrogen-bond acceptors (Lipinski definition) is 7. The molecule has 178 valence electrons. The second-order valence-corrected chi connectivity index (χ2v) is 9.08. The molecule has 1 amide bonds. The monoisotopic (exact) mass is 471 g/mol. The summed E-state index contributed by atoms with van der Waals surface area (Å²) < 4.78 is 12.1. The molecule has 2 N–H and O–H groups in total. The highest BCUT2D eigenvalue weighted by Gasteiger charge is 2.78. The summed E-state index contributed by atoms with van der Waals surface area (Å²) in [7, 11) is 4.65. The van der Waals surface area contributed by atoms with Crippen LogP contribution in [0, 0.1) is 17.2 Å². The first-order valence-electron chi connectivity index (χ1n) is 11.2. The zero-order valence-electron chi connectivity index (χ0n) is 19.5. The van der Waals surface area contributed by atoms with Crippen molar-refractivity contribution in [2.75, 3.05) is 21.2 Å². The van der Waals surface area contributed by atoms with Crippen LogP contribution in [0.5, 0.6) is 11.6 Å². The summed E-state index contributed by atoms with van der Waals surface area (Å²) in [4.78, 5) is 19.2. The van der Waals surface area contributed by atoms with Crippen molar-refractivity contribution in [1.82, 2.24) is 9.88 Å². The summed E-state index contributed by atoms with van der Waals surface area (Å²) in [6.45, 7) is 0. The number of aromatic nitrogens is 1. The van der Waals surface area contributed by atoms with Gasteiger partial charge in [-0.15, -0.1) is 0 Å². The Kier molecular flexibility index (Phi) is 5.28. The molecule has 5 atom stereocenters. The summed E-state index contributed by atoms with van der Waals surface area (Å²) in [5.74, 6) is -1.78. The van der Waals surface area contributed by atoms with Crippen LogP contribution in [0.25, 0.3) is 0 Å². The Morgan fingerprint density at radius 1 is 1.14 bits per heavy atom. The van der Waals surface area contributed by atoms with Crippen molar-refractivity contribution >= 4 is 5.91 Å². The van der Waals surface area contributed by atoms with E-state index in [1.54, 1.807) is 44.4 Å². The summed E-state index contributed by atoms with van der Waals surface area (Å²) in [5.41, 5.74) is -1.86. The Bertz CT molecular complexity index is 1320. The Morgan fingerprint density at radius 3 is 2.43 bits per heavy atom. The maximum absolute atomic E-state index is 13.6. The van der Waals surface area contributed by atoms with Crippen molar-refractivity contribution in [2.45, 2.75) is 23.2 Å². The van der Waals surface area contributed by atoms with E-state index in [4.69, 9.17) is 9.47 Å². The summed E-state index contributed by atoms with van der Waals surface area (Å²) in [6.07, 6.45) is -0.0569. The first-order chi connectivity index (χ1) is 16.8. The maximum Gasteiger partial charge on any atom is 0.228 e. The van der Waals surface area contributed by atoms with Crippen LogP contribution in [0.15, 0.2) is 66.9 Å². The highest BCUT2D eigenvalue weighted by atomic mass is 16.5. The van der Waals surface area contributed by atoms with Crippen LogP contribution in [-0.2, 0) is 16.0 Å². The minimum absolute atomic E-state index is 0.101. The number of nitriles is 1. The lowest BCUT2D eigenvalue weighted by Gasteiger charge is -2.40. The lowest BCUT2D eigenvalue weighted by Crippen LogP contribution is -2.52. The van der Waals surface area contributed by atoms with Gasteiger partial charge in [-0.2, -0.15) is 5.26 Å². The molecule has 8 heteroatoms. The van der Waals surface area contributed by atoms with E-state index in [-0.39, 0.29) is 17.4 Å². The molecule has 1 aliphatic carbocycles. The van der Waals surface area contributed by atoms with E-state index in [2.05, 4.69) is 11.1 Å². The lowest BCUT2D eigenvalue weighted by atomic mass is 9.70. The van der Waals surface area contributed by atoms with Crippen LogP contribution in [0.3, 0.4) is 0 Å². The molecule has 2 aliphatic rings. The van der Waals surface area contributed by atoms with Crippen LogP contribution < -0.4 is 9.47 Å². The van der Waals surface area contributed by atoms with Crippen LogP contribution >= 0.6 is 0 Å². The van der Waals surface area contributed by atoms with Crippen LogP contribution in [0.1, 0.15) is 28.2 Å². The smallest absolute Gasteiger partial charge is 0.228 e. The third-order valence-electron chi connectivity index (χ3n) is 7.18. The van der Waals surface area contributed by atoms with Gasteiger partial charge in [0.25, 0.3) is 0 Å². The molecule has 2 aromatic carbocycles. The highest BCUT2D eigenvalue weighted by Crippen LogP contribution is 2.69. The molecule has 0 saturated heterocycles. The number of benzene rings is 2. The molecule has 0 bridgehead atoms. The van der Waals surface area contributed by atoms with E-state index in [0.717, 1.165) is 0 Å². The average Bonchev–Trinajstić information content (AvgIpc) is 3.27. The summed E-state index contributed by atoms with van der Waals surface area (Å²) >= 11 is 0. The Balaban J connectivity index is 1.88. The van der Waals surface area contributed by atoms with Crippen LogP contribution in [0.4, 0.5) is 0 Å². The molecule has 5 rings (SSSR count). The molecule has 1 saturated carbocycles. The summed E-state index contributed by atoms with van der Waals surface area (Å²) in [6, 6.07) is 19.6. The van der Waals surface area contributed by atoms with Crippen molar-refractivity contribution in [1.29, 1.82) is 5.26 Å². The Labute approximate surface area is 203 Å². The van der Waals surface area contributed by atoms with Gasteiger partial charge in [-0.3, -0.25) is 4.79 Å². The van der Waals surface area contributed by atoms with Crippen molar-refractivity contribution in [3.63, 3.8) is 0 Å². The number of amides is 1. The normalized spacial score (nSPS) is 28.4. The van der Waals surface area contributed by atoms with E-state index in [1.165, 1.54) is 18.2 Å². The Hall–Kier alpha value is -3.93. The zero-order valence-corrected chi connectivity index (χ0v) is 19.5. The fourth-order valence-corrected chi connectivity index (χ4v) is 5.75. The SMILES string of the molecule is COc1nccc2c1C1(O)C(O)C(C(=O)N(C)C)C(c3ccccc3)C1(c1ccc(C#N)cc1)O2. The number of carbonyl (C=O) groups excluding carboxylic acids is 1. The van der Waals surface area contributed by atoms with E-state index in [1.807, 2.05) is 30.3 Å². The number of aliphatic hydroxyl groups excluding tert-OH is 1. The number of ether oxygens (including phenoxy) is 2. The zero-order chi connectivity index (χ0) is 25.0. The summed E-state index contributed by atoms with van der Waals surface area (Å²) in [5, 5.41) is 33.8. The van der Waals surface area contributed by atoms with Crippen molar-refractivity contribution in [3.8, 4) is 17.7 Å². The molecule has 1 fully saturated rings. The number of fused-ring (bicyclic) bond motifs is 3. The second kappa shape index (κ2) is 8.08. The molecule has 0 spiro atoms. The molecule has 35 heavy (non-hydrogen) atoms. The van der Waals surface area contributed by atoms with Gasteiger partial charge in [-0.25, -0.2) is 4.98 Å². The third-order valence-corrected chi connectivity index (χ3v) is 7.18. The number of carbonyl (C=O) groups is 1. The predicted octanol–water partition coefficient (Wildman–Crippen LogP) is 2.30. The third kappa shape index (κ3) is 2.92. The van der Waals surface area contributed by atoms with Crippen LogP contribution in [0.2, 0.25) is 0 Å². The van der Waals surface area contributed by atoms with Gasteiger partial charge in [0.2, 0.25) is 11.8 Å². The average molecular weight is 472 g/mol. The molecule has 0 radical (unpaired) electrons. The number of aliphatic hydroxyl groups is 2. The van der Waals surface area contributed by atoms with Gasteiger partial charge in [-0.05, 0) is 29.3 Å². The van der Waals surface area contributed by atoms with Crippen molar-refractivity contribution in [2.24, 2.45) is 5.92 Å². The van der Waals surface area contributed by atoms with Gasteiger partial charge in [0.1, 0.15) is 11.9 Å². The van der Waals surface area contributed by atoms with Gasteiger partial charge in [0.15, 0.2) is 11.2 Å². The molecular formula is C27H25N3O5. The number of methoxy groups -OCH3 is 1. The number of pyridine rings is 1. The Morgan fingerprint density at radius 2 is 1.83 bits per heavy atom. The van der Waals surface area contributed by atoms with Gasteiger partial charge in [0.05, 0.1) is 30.2 Å². The predicted molar refractivity (Wildman–Crippen MR) is 126 cm³/mol. The van der Waals surface area contributed by atoms with Crippen molar-refractivity contribution in [3.05, 3.63) is 89.1 Å². The van der Waals surface area contributed by atoms with E-state index in [0.29, 0.717) is 22.4 Å². The molecular weight excluding hydrogens is 446 g/mol. The first-order valence-corrected chi connectivity index (χ1v) is 11.2. The minimum Gasteiger partial charge on any atom is -0.481 e. The number of hydrogen-bond donors (Lipinski definition) is 2. The van der Waals surface area contributed by atoms with E-state index in [9.17, 15) is 20.3 Å². The van der Waals surface area contributed by atoms with E-state index >= 15 is 0 Å². The lowest BCUT2D eigenvalue weighted by molar-refractivity contribution is -0.156. The molecule has 3 aromatic rings. The molecule has 8 nitrogen and oxygen atoms in total. The van der Waals surface area contributed by atoms with Gasteiger partial charge in [-0.1, -0.05) is 42.5 Å². The fourth-order valence-electron chi connectivity index (χ4n) is 5.75. The van der Waals surface area contributed by atoms with Gasteiger partial charge >= 0.3 is 0 Å². The fraction of sp³-hybridized carbons (Fsp3) is 0.296. The highest BCUT2D eigenvalue weighted by molar-refractivity contribution is 5.82. The van der Waals surface area contributed by atoms with Crippen LogP contribution in [-0.4, -0.2) is 53.3 Å². The van der Waals surface area contributed by atoms with Crippen molar-refractivity contribution < 1.29 is 24.5 Å². The molecule has 1 aromatic heterocycles. The minimum atomic E-state index is -2.09. The number of rotatable bonds is 4. The molecule has 1 aliphatic heterocycles. The molecule has 5 unspecified atom stereocenters. The van der Waals surface area contributed by atoms with Gasteiger partial charge in [0, 0.05) is 26.2 Å². The van der Waals surface area contributed by atoms with E-state index < -0.39 is 29.1 Å².